The van der Waals surface area contributed by atoms with E-state index in [2.05, 4.69) is 14.5 Å². The maximum absolute atomic E-state index is 12.9. The zero-order chi connectivity index (χ0) is 21.8. The molecule has 3 heterocycles. The normalized spacial score (nSPS) is 14.5. The number of likely N-dealkylation sites (tertiary alicyclic amines) is 1. The van der Waals surface area contributed by atoms with E-state index in [1.54, 1.807) is 29.5 Å². The number of hydrogen-bond acceptors (Lipinski definition) is 6. The fraction of sp³-hybridized carbons (Fsp3) is 0.318. The topological polar surface area (TPSA) is 94.2 Å². The molecule has 1 aliphatic heterocycles. The van der Waals surface area contributed by atoms with E-state index < -0.39 is 4.92 Å². The van der Waals surface area contributed by atoms with Gasteiger partial charge in [-0.1, -0.05) is 6.07 Å². The van der Waals surface area contributed by atoms with Gasteiger partial charge in [0.1, 0.15) is 5.82 Å². The van der Waals surface area contributed by atoms with Gasteiger partial charge in [-0.3, -0.25) is 19.9 Å². The molecule has 0 atom stereocenters. The van der Waals surface area contributed by atoms with Crippen LogP contribution in [0.25, 0.3) is 0 Å². The van der Waals surface area contributed by atoms with Crippen molar-refractivity contribution in [1.82, 2.24) is 19.4 Å². The van der Waals surface area contributed by atoms with Crippen molar-refractivity contribution in [3.05, 3.63) is 82.2 Å². The van der Waals surface area contributed by atoms with Gasteiger partial charge in [0.2, 0.25) is 0 Å². The third kappa shape index (κ3) is 4.61. The molecule has 8 nitrogen and oxygen atoms in total. The maximum Gasteiger partial charge on any atom is 0.283 e. The van der Waals surface area contributed by atoms with Crippen molar-refractivity contribution in [2.45, 2.75) is 30.2 Å². The minimum atomic E-state index is -0.434. The van der Waals surface area contributed by atoms with Gasteiger partial charge in [-0.05, 0) is 43.4 Å². The Labute approximate surface area is 184 Å². The molecule has 2 aromatic heterocycles. The van der Waals surface area contributed by atoms with Crippen molar-refractivity contribution in [3.8, 4) is 0 Å². The number of amides is 1. The van der Waals surface area contributed by atoms with Crippen LogP contribution in [0.15, 0.2) is 59.9 Å². The Hall–Kier alpha value is -3.20. The molecule has 4 rings (SSSR count). The first-order chi connectivity index (χ1) is 15.1. The summed E-state index contributed by atoms with van der Waals surface area (Å²) in [5.41, 5.74) is 1.31. The van der Waals surface area contributed by atoms with Gasteiger partial charge in [0.15, 0.2) is 0 Å². The van der Waals surface area contributed by atoms with Gasteiger partial charge in [-0.15, -0.1) is 11.8 Å². The van der Waals surface area contributed by atoms with Crippen molar-refractivity contribution >= 4 is 23.4 Å². The highest BCUT2D eigenvalue weighted by atomic mass is 32.2. The molecule has 1 aliphatic rings. The second-order valence-electron chi connectivity index (χ2n) is 7.44. The highest BCUT2D eigenvalue weighted by molar-refractivity contribution is 7.98. The highest BCUT2D eigenvalue weighted by Gasteiger charge is 2.28. The van der Waals surface area contributed by atoms with Crippen molar-refractivity contribution in [3.63, 3.8) is 0 Å². The van der Waals surface area contributed by atoms with Gasteiger partial charge in [-0.2, -0.15) is 0 Å². The molecule has 1 aromatic carbocycles. The number of carbonyl (C=O) groups excluding carboxylic acids is 1. The summed E-state index contributed by atoms with van der Waals surface area (Å²) in [7, 11) is 0. The van der Waals surface area contributed by atoms with E-state index in [9.17, 15) is 14.9 Å². The summed E-state index contributed by atoms with van der Waals surface area (Å²) in [5, 5.41) is 11.3. The number of hydrogen-bond donors (Lipinski definition) is 0. The SMILES string of the molecule is CSc1ccc(C(=O)N2CCC(c3nccn3Cc3ccccn3)CC2)cc1[N+](=O)[O-]. The van der Waals surface area contributed by atoms with Crippen LogP contribution < -0.4 is 0 Å². The van der Waals surface area contributed by atoms with Crippen LogP contribution in [0.3, 0.4) is 0 Å². The largest absolute Gasteiger partial charge is 0.339 e. The molecule has 0 spiro atoms. The first-order valence-corrected chi connectivity index (χ1v) is 11.3. The summed E-state index contributed by atoms with van der Waals surface area (Å²) in [5.74, 6) is 1.11. The van der Waals surface area contributed by atoms with E-state index in [4.69, 9.17) is 0 Å². The van der Waals surface area contributed by atoms with Crippen LogP contribution >= 0.6 is 11.8 Å². The van der Waals surface area contributed by atoms with E-state index in [0.717, 1.165) is 24.4 Å². The summed E-state index contributed by atoms with van der Waals surface area (Å²) in [6.07, 6.45) is 8.95. The molecule has 3 aromatic rings. The quantitative estimate of drug-likeness (QED) is 0.329. The molecule has 9 heteroatoms. The average molecular weight is 438 g/mol. The lowest BCUT2D eigenvalue weighted by atomic mass is 9.95. The predicted octanol–water partition coefficient (Wildman–Crippen LogP) is 3.98. The molecular formula is C22H23N5O3S. The number of piperidine rings is 1. The highest BCUT2D eigenvalue weighted by Crippen LogP contribution is 2.31. The molecular weight excluding hydrogens is 414 g/mol. The van der Waals surface area contributed by atoms with Crippen LogP contribution in [0.4, 0.5) is 5.69 Å². The summed E-state index contributed by atoms with van der Waals surface area (Å²) in [4.78, 5) is 35.1. The van der Waals surface area contributed by atoms with Gasteiger partial charge >= 0.3 is 0 Å². The first kappa shape index (κ1) is 21.0. The Morgan fingerprint density at radius 3 is 2.68 bits per heavy atom. The zero-order valence-corrected chi connectivity index (χ0v) is 18.0. The first-order valence-electron chi connectivity index (χ1n) is 10.1. The van der Waals surface area contributed by atoms with E-state index in [1.165, 1.54) is 17.8 Å². The Kier molecular flexibility index (Phi) is 6.31. The lowest BCUT2D eigenvalue weighted by Crippen LogP contribution is -2.38. The monoisotopic (exact) mass is 437 g/mol. The van der Waals surface area contributed by atoms with Crippen LogP contribution in [0.2, 0.25) is 0 Å². The third-order valence-electron chi connectivity index (χ3n) is 5.58. The molecule has 1 saturated heterocycles. The van der Waals surface area contributed by atoms with E-state index in [1.807, 2.05) is 30.6 Å². The molecule has 0 saturated carbocycles. The predicted molar refractivity (Wildman–Crippen MR) is 118 cm³/mol. The number of benzene rings is 1. The minimum Gasteiger partial charge on any atom is -0.339 e. The average Bonchev–Trinajstić information content (AvgIpc) is 3.27. The van der Waals surface area contributed by atoms with Crippen LogP contribution in [0.5, 0.6) is 0 Å². The van der Waals surface area contributed by atoms with Crippen molar-refractivity contribution in [2.24, 2.45) is 0 Å². The molecule has 1 fully saturated rings. The molecule has 0 unspecified atom stereocenters. The second kappa shape index (κ2) is 9.30. The fourth-order valence-corrected chi connectivity index (χ4v) is 4.52. The van der Waals surface area contributed by atoms with Gasteiger partial charge in [0.05, 0.1) is 22.1 Å². The van der Waals surface area contributed by atoms with Crippen LogP contribution in [0, 0.1) is 10.1 Å². The number of carbonyl (C=O) groups is 1. The van der Waals surface area contributed by atoms with Crippen molar-refractivity contribution in [1.29, 1.82) is 0 Å². The number of nitrogens with zero attached hydrogens (tertiary/aromatic N) is 5. The molecule has 31 heavy (non-hydrogen) atoms. The lowest BCUT2D eigenvalue weighted by molar-refractivity contribution is -0.387. The number of nitro benzene ring substituents is 1. The number of rotatable bonds is 6. The Morgan fingerprint density at radius 1 is 1.19 bits per heavy atom. The Bertz CT molecular complexity index is 1080. The maximum atomic E-state index is 12.9. The van der Waals surface area contributed by atoms with Gasteiger partial charge < -0.3 is 9.47 Å². The zero-order valence-electron chi connectivity index (χ0n) is 17.2. The number of thioether (sulfide) groups is 1. The second-order valence-corrected chi connectivity index (χ2v) is 8.29. The minimum absolute atomic E-state index is 0.0233. The van der Waals surface area contributed by atoms with Gasteiger partial charge in [-0.25, -0.2) is 4.98 Å². The summed E-state index contributed by atoms with van der Waals surface area (Å²) >= 11 is 1.30. The Morgan fingerprint density at radius 2 is 2.00 bits per heavy atom. The van der Waals surface area contributed by atoms with E-state index in [0.29, 0.717) is 30.1 Å². The smallest absolute Gasteiger partial charge is 0.283 e. The third-order valence-corrected chi connectivity index (χ3v) is 6.36. The number of pyridine rings is 1. The van der Waals surface area contributed by atoms with E-state index >= 15 is 0 Å². The number of aromatic nitrogens is 3. The van der Waals surface area contributed by atoms with Crippen LogP contribution in [0.1, 0.15) is 40.6 Å². The van der Waals surface area contributed by atoms with Crippen molar-refractivity contribution in [2.75, 3.05) is 19.3 Å². The Balaban J connectivity index is 1.43. The summed E-state index contributed by atoms with van der Waals surface area (Å²) < 4.78 is 2.12. The molecule has 0 aliphatic carbocycles. The van der Waals surface area contributed by atoms with E-state index in [-0.39, 0.29) is 17.5 Å². The van der Waals surface area contributed by atoms with Crippen LogP contribution in [-0.2, 0) is 6.54 Å². The van der Waals surface area contributed by atoms with Gasteiger partial charge in [0, 0.05) is 49.2 Å². The lowest BCUT2D eigenvalue weighted by Gasteiger charge is -2.32. The van der Waals surface area contributed by atoms with Crippen LogP contribution in [-0.4, -0.2) is 49.6 Å². The fourth-order valence-electron chi connectivity index (χ4n) is 3.97. The molecule has 160 valence electrons. The molecule has 0 radical (unpaired) electrons. The van der Waals surface area contributed by atoms with Gasteiger partial charge in [0.25, 0.3) is 11.6 Å². The molecule has 0 bridgehead atoms. The molecule has 0 N–H and O–H groups in total. The molecule has 1 amide bonds. The van der Waals surface area contributed by atoms with Crippen molar-refractivity contribution < 1.29 is 9.72 Å². The summed E-state index contributed by atoms with van der Waals surface area (Å²) in [6.45, 7) is 1.86. The number of nitro groups is 1. The number of imidazole rings is 1. The summed E-state index contributed by atoms with van der Waals surface area (Å²) in [6, 6.07) is 10.6. The standard InChI is InChI=1S/C22H23N5O3S/c1-31-20-6-5-17(14-19(20)27(29)30)22(28)25-11-7-16(8-12-25)21-24-10-13-26(21)15-18-4-2-3-9-23-18/h2-6,9-10,13-14,16H,7-8,11-12,15H2,1H3.